The van der Waals surface area contributed by atoms with Crippen molar-refractivity contribution in [3.63, 3.8) is 0 Å². The summed E-state index contributed by atoms with van der Waals surface area (Å²) in [5.74, 6) is -1.19. The molecular formula is C12H15NO7. The molecule has 0 aliphatic carbocycles. The quantitative estimate of drug-likeness (QED) is 0.424. The molecule has 1 fully saturated rings. The lowest BCUT2D eigenvalue weighted by atomic mass is 9.99. The van der Waals surface area contributed by atoms with E-state index >= 15 is 0 Å². The molecule has 1 aliphatic rings. The van der Waals surface area contributed by atoms with Gasteiger partial charge in [-0.25, -0.2) is 4.79 Å². The number of carboxylic acids is 1. The first-order valence-corrected chi connectivity index (χ1v) is 5.85. The predicted molar refractivity (Wildman–Crippen MR) is 65.8 cm³/mol. The van der Waals surface area contributed by atoms with Crippen LogP contribution in [-0.4, -0.2) is 57.1 Å². The molecule has 0 unspecified atom stereocenters. The normalized spacial score (nSPS) is 33.6. The minimum Gasteiger partial charge on any atom is -0.479 e. The first kappa shape index (κ1) is 14.5. The molecule has 1 heterocycles. The zero-order valence-electron chi connectivity index (χ0n) is 10.3. The second-order valence-corrected chi connectivity index (χ2v) is 4.42. The lowest BCUT2D eigenvalue weighted by Gasteiger charge is -2.38. The van der Waals surface area contributed by atoms with Crippen LogP contribution < -0.4 is 10.5 Å². The van der Waals surface area contributed by atoms with Gasteiger partial charge in [-0.15, -0.1) is 0 Å². The van der Waals surface area contributed by atoms with Crippen LogP contribution in [0.5, 0.6) is 5.75 Å². The zero-order valence-corrected chi connectivity index (χ0v) is 10.3. The molecule has 8 nitrogen and oxygen atoms in total. The number of nitrogens with two attached hydrogens (primary N) is 1. The molecule has 2 rings (SSSR count). The summed E-state index contributed by atoms with van der Waals surface area (Å²) in [6.45, 7) is 0. The molecule has 1 aliphatic heterocycles. The fourth-order valence-electron chi connectivity index (χ4n) is 1.83. The number of anilines is 1. The molecule has 5 atom stereocenters. The summed E-state index contributed by atoms with van der Waals surface area (Å²) in [5, 5.41) is 37.8. The molecule has 0 amide bonds. The van der Waals surface area contributed by atoms with Gasteiger partial charge in [-0.1, -0.05) is 0 Å². The summed E-state index contributed by atoms with van der Waals surface area (Å²) in [4.78, 5) is 10.9. The Morgan fingerprint density at radius 2 is 1.70 bits per heavy atom. The van der Waals surface area contributed by atoms with Gasteiger partial charge >= 0.3 is 5.97 Å². The van der Waals surface area contributed by atoms with E-state index in [9.17, 15) is 20.1 Å². The van der Waals surface area contributed by atoms with Gasteiger partial charge in [0.25, 0.3) is 0 Å². The number of aliphatic hydroxyl groups is 3. The highest BCUT2D eigenvalue weighted by Gasteiger charge is 2.48. The number of hydrogen-bond acceptors (Lipinski definition) is 7. The minimum absolute atomic E-state index is 0.274. The maximum Gasteiger partial charge on any atom is 0.335 e. The van der Waals surface area contributed by atoms with Gasteiger partial charge in [-0.3, -0.25) is 0 Å². The average molecular weight is 285 g/mol. The Morgan fingerprint density at radius 1 is 1.10 bits per heavy atom. The fourth-order valence-corrected chi connectivity index (χ4v) is 1.83. The van der Waals surface area contributed by atoms with Crippen molar-refractivity contribution in [1.29, 1.82) is 0 Å². The van der Waals surface area contributed by atoms with Crippen molar-refractivity contribution in [2.45, 2.75) is 30.7 Å². The van der Waals surface area contributed by atoms with Crippen molar-refractivity contribution in [3.05, 3.63) is 24.3 Å². The SMILES string of the molecule is Nc1ccc(O[C@@H]2O[C@@H](C(=O)O)[C@@H](O)[C@H](O)[C@H]2O)cc1. The molecular weight excluding hydrogens is 270 g/mol. The van der Waals surface area contributed by atoms with Crippen LogP contribution in [0.15, 0.2) is 24.3 Å². The van der Waals surface area contributed by atoms with Crippen LogP contribution in [0.25, 0.3) is 0 Å². The Morgan fingerprint density at radius 3 is 2.25 bits per heavy atom. The third kappa shape index (κ3) is 2.83. The van der Waals surface area contributed by atoms with E-state index in [1.54, 1.807) is 12.1 Å². The summed E-state index contributed by atoms with van der Waals surface area (Å²) in [6, 6.07) is 6.09. The lowest BCUT2D eigenvalue weighted by molar-refractivity contribution is -0.271. The molecule has 110 valence electrons. The Bertz CT molecular complexity index is 477. The van der Waals surface area contributed by atoms with E-state index < -0.39 is 36.7 Å². The fraction of sp³-hybridized carbons (Fsp3) is 0.417. The third-order valence-electron chi connectivity index (χ3n) is 2.95. The molecule has 1 aromatic carbocycles. The highest BCUT2D eigenvalue weighted by Crippen LogP contribution is 2.24. The van der Waals surface area contributed by atoms with Crippen molar-refractivity contribution in [3.8, 4) is 5.75 Å². The smallest absolute Gasteiger partial charge is 0.335 e. The van der Waals surface area contributed by atoms with E-state index in [-0.39, 0.29) is 5.75 Å². The first-order valence-electron chi connectivity index (χ1n) is 5.85. The van der Waals surface area contributed by atoms with E-state index in [0.29, 0.717) is 5.69 Å². The molecule has 6 N–H and O–H groups in total. The van der Waals surface area contributed by atoms with Gasteiger partial charge in [0.2, 0.25) is 6.29 Å². The summed E-state index contributed by atoms with van der Waals surface area (Å²) in [7, 11) is 0. The molecule has 0 radical (unpaired) electrons. The second-order valence-electron chi connectivity index (χ2n) is 4.42. The second kappa shape index (κ2) is 5.63. The molecule has 0 aromatic heterocycles. The Labute approximate surface area is 114 Å². The number of rotatable bonds is 3. The maximum atomic E-state index is 10.9. The number of nitrogen functional groups attached to an aromatic ring is 1. The first-order chi connectivity index (χ1) is 9.40. The molecule has 0 saturated carbocycles. The van der Waals surface area contributed by atoms with Crippen LogP contribution in [0.2, 0.25) is 0 Å². The zero-order chi connectivity index (χ0) is 14.9. The molecule has 1 aromatic rings. The minimum atomic E-state index is -1.74. The summed E-state index contributed by atoms with van der Waals surface area (Å²) >= 11 is 0. The van der Waals surface area contributed by atoms with Crippen molar-refractivity contribution >= 4 is 11.7 Å². The number of hydrogen-bond donors (Lipinski definition) is 5. The van der Waals surface area contributed by atoms with Crippen LogP contribution in [0.3, 0.4) is 0 Å². The van der Waals surface area contributed by atoms with Crippen LogP contribution in [0.1, 0.15) is 0 Å². The van der Waals surface area contributed by atoms with E-state index in [2.05, 4.69) is 0 Å². The van der Waals surface area contributed by atoms with Gasteiger partial charge in [0, 0.05) is 5.69 Å². The predicted octanol–water partition coefficient (Wildman–Crippen LogP) is -1.46. The standard InChI is InChI=1S/C12H15NO7/c13-5-1-3-6(4-2-5)19-12-9(16)7(14)8(15)10(20-12)11(17)18/h1-4,7-10,12,14-16H,13H2,(H,17,18)/t7-,8-,9+,10+,12+/m0/s1. The maximum absolute atomic E-state index is 10.9. The van der Waals surface area contributed by atoms with Crippen molar-refractivity contribution in [2.24, 2.45) is 0 Å². The van der Waals surface area contributed by atoms with Crippen LogP contribution in [0, 0.1) is 0 Å². The van der Waals surface area contributed by atoms with Gasteiger partial charge in [-0.2, -0.15) is 0 Å². The number of aliphatic hydroxyl groups excluding tert-OH is 3. The van der Waals surface area contributed by atoms with Crippen molar-refractivity contribution in [1.82, 2.24) is 0 Å². The van der Waals surface area contributed by atoms with Crippen LogP contribution >= 0.6 is 0 Å². The van der Waals surface area contributed by atoms with Crippen molar-refractivity contribution in [2.75, 3.05) is 5.73 Å². The topological polar surface area (TPSA) is 142 Å². The van der Waals surface area contributed by atoms with Crippen LogP contribution in [0.4, 0.5) is 5.69 Å². The van der Waals surface area contributed by atoms with Crippen molar-refractivity contribution < 1.29 is 34.7 Å². The van der Waals surface area contributed by atoms with Gasteiger partial charge in [-0.05, 0) is 24.3 Å². The molecule has 20 heavy (non-hydrogen) atoms. The third-order valence-corrected chi connectivity index (χ3v) is 2.95. The summed E-state index contributed by atoms with van der Waals surface area (Å²) in [5.41, 5.74) is 6.00. The lowest BCUT2D eigenvalue weighted by Crippen LogP contribution is -2.61. The molecule has 0 spiro atoms. The number of ether oxygens (including phenoxy) is 2. The monoisotopic (exact) mass is 285 g/mol. The Balaban J connectivity index is 2.13. The van der Waals surface area contributed by atoms with E-state index in [0.717, 1.165) is 0 Å². The summed E-state index contributed by atoms with van der Waals surface area (Å²) in [6.07, 6.45) is -8.12. The van der Waals surface area contributed by atoms with Gasteiger partial charge in [0.15, 0.2) is 6.10 Å². The number of carbonyl (C=O) groups is 1. The molecule has 1 saturated heterocycles. The Hall–Kier alpha value is -1.87. The number of carboxylic acid groups (broad SMARTS) is 1. The van der Waals surface area contributed by atoms with E-state index in [4.69, 9.17) is 20.3 Å². The highest BCUT2D eigenvalue weighted by atomic mass is 16.7. The number of aliphatic carboxylic acids is 1. The van der Waals surface area contributed by atoms with E-state index in [1.807, 2.05) is 0 Å². The number of benzene rings is 1. The molecule has 8 heteroatoms. The Kier molecular flexibility index (Phi) is 4.09. The average Bonchev–Trinajstić information content (AvgIpc) is 2.41. The van der Waals surface area contributed by atoms with E-state index in [1.165, 1.54) is 12.1 Å². The van der Waals surface area contributed by atoms with Gasteiger partial charge in [0.05, 0.1) is 0 Å². The highest BCUT2D eigenvalue weighted by molar-refractivity contribution is 5.73. The largest absolute Gasteiger partial charge is 0.479 e. The molecule has 0 bridgehead atoms. The van der Waals surface area contributed by atoms with Gasteiger partial charge in [0.1, 0.15) is 24.1 Å². The van der Waals surface area contributed by atoms with Crippen LogP contribution in [-0.2, 0) is 9.53 Å². The van der Waals surface area contributed by atoms with Gasteiger partial charge < -0.3 is 35.6 Å². The summed E-state index contributed by atoms with van der Waals surface area (Å²) < 4.78 is 10.2.